The van der Waals surface area contributed by atoms with Crippen molar-refractivity contribution < 1.29 is 13.7 Å². The molecule has 168 valence electrons. The molecule has 33 heavy (non-hydrogen) atoms. The van der Waals surface area contributed by atoms with Gasteiger partial charge in [-0.05, 0) is 42.9 Å². The molecule has 0 unspecified atom stereocenters. The zero-order valence-corrected chi connectivity index (χ0v) is 18.3. The van der Waals surface area contributed by atoms with Gasteiger partial charge in [0.1, 0.15) is 17.6 Å². The molecule has 0 saturated carbocycles. The number of ether oxygens (including phenoxy) is 1. The molecular formula is C25H24FN5O2. The second-order valence-electron chi connectivity index (χ2n) is 8.05. The summed E-state index contributed by atoms with van der Waals surface area (Å²) in [5.74, 6) is 1.63. The van der Waals surface area contributed by atoms with Crippen molar-refractivity contribution in [1.82, 2.24) is 24.9 Å². The van der Waals surface area contributed by atoms with E-state index in [4.69, 9.17) is 14.2 Å². The third kappa shape index (κ3) is 4.92. The van der Waals surface area contributed by atoms with Crippen molar-refractivity contribution >= 4 is 0 Å². The molecule has 4 aromatic rings. The van der Waals surface area contributed by atoms with Gasteiger partial charge in [0.15, 0.2) is 0 Å². The smallest absolute Gasteiger partial charge is 0.248 e. The summed E-state index contributed by atoms with van der Waals surface area (Å²) < 4.78 is 24.5. The molecule has 8 heteroatoms. The highest BCUT2D eigenvalue weighted by Crippen LogP contribution is 2.30. The highest BCUT2D eigenvalue weighted by atomic mass is 19.1. The predicted octanol–water partition coefficient (Wildman–Crippen LogP) is 4.40. The number of aromatic nitrogens is 3. The van der Waals surface area contributed by atoms with Crippen molar-refractivity contribution in [3.63, 3.8) is 0 Å². The fraction of sp³-hybridized carbons (Fsp3) is 0.240. The van der Waals surface area contributed by atoms with Crippen molar-refractivity contribution in [1.29, 1.82) is 0 Å². The monoisotopic (exact) mass is 445 g/mol. The molecule has 1 saturated heterocycles. The van der Waals surface area contributed by atoms with Crippen LogP contribution in [0.4, 0.5) is 4.39 Å². The topological polar surface area (TPSA) is 67.5 Å². The van der Waals surface area contributed by atoms with Gasteiger partial charge in [-0.3, -0.25) is 4.90 Å². The number of pyridine rings is 1. The van der Waals surface area contributed by atoms with Crippen molar-refractivity contribution in [2.75, 3.05) is 33.2 Å². The summed E-state index contributed by atoms with van der Waals surface area (Å²) in [5, 5.41) is 4.22. The van der Waals surface area contributed by atoms with Gasteiger partial charge < -0.3 is 14.2 Å². The average molecular weight is 445 g/mol. The first kappa shape index (κ1) is 21.2. The Kier molecular flexibility index (Phi) is 6.10. The SMILES string of the molecule is CN1CCN([C@H](c2ccccc2)c2nc(-c3ccc(Oc4ccc(F)cc4)nc3)no2)CC1. The van der Waals surface area contributed by atoms with Crippen LogP contribution in [0.2, 0.25) is 0 Å². The maximum atomic E-state index is 13.1. The van der Waals surface area contributed by atoms with Crippen LogP contribution in [-0.4, -0.2) is 58.2 Å². The largest absolute Gasteiger partial charge is 0.439 e. The molecule has 1 aliphatic heterocycles. The molecule has 1 atom stereocenters. The molecular weight excluding hydrogens is 421 g/mol. The van der Waals surface area contributed by atoms with Gasteiger partial charge in [0.2, 0.25) is 17.6 Å². The van der Waals surface area contributed by atoms with E-state index in [1.54, 1.807) is 24.4 Å². The summed E-state index contributed by atoms with van der Waals surface area (Å²) in [4.78, 5) is 13.7. The summed E-state index contributed by atoms with van der Waals surface area (Å²) in [6, 6.07) is 19.5. The highest BCUT2D eigenvalue weighted by molar-refractivity contribution is 5.53. The molecule has 1 aliphatic rings. The Hall–Kier alpha value is -3.62. The van der Waals surface area contributed by atoms with Crippen molar-refractivity contribution in [3.05, 3.63) is 90.2 Å². The van der Waals surface area contributed by atoms with Crippen LogP contribution in [0.15, 0.2) is 77.4 Å². The van der Waals surface area contributed by atoms with Crippen LogP contribution in [0.3, 0.4) is 0 Å². The highest BCUT2D eigenvalue weighted by Gasteiger charge is 2.30. The molecule has 2 aromatic carbocycles. The van der Waals surface area contributed by atoms with Crippen LogP contribution in [0.5, 0.6) is 11.6 Å². The first-order valence-corrected chi connectivity index (χ1v) is 10.9. The predicted molar refractivity (Wildman–Crippen MR) is 121 cm³/mol. The quantitative estimate of drug-likeness (QED) is 0.436. The molecule has 1 fully saturated rings. The Morgan fingerprint density at radius 1 is 0.939 bits per heavy atom. The van der Waals surface area contributed by atoms with Gasteiger partial charge in [-0.15, -0.1) is 0 Å². The summed E-state index contributed by atoms with van der Waals surface area (Å²) in [7, 11) is 2.14. The molecule has 3 heterocycles. The molecule has 0 amide bonds. The number of rotatable bonds is 6. The van der Waals surface area contributed by atoms with Crippen LogP contribution in [-0.2, 0) is 0 Å². The Bertz CT molecular complexity index is 1170. The molecule has 2 aromatic heterocycles. The van der Waals surface area contributed by atoms with Crippen molar-refractivity contribution in [2.24, 2.45) is 0 Å². The Labute approximate surface area is 191 Å². The van der Waals surface area contributed by atoms with Gasteiger partial charge >= 0.3 is 0 Å². The van der Waals surface area contributed by atoms with E-state index in [1.165, 1.54) is 12.1 Å². The molecule has 5 rings (SSSR count). The summed E-state index contributed by atoms with van der Waals surface area (Å²) in [5.41, 5.74) is 1.85. The number of hydrogen-bond donors (Lipinski definition) is 0. The number of nitrogens with zero attached hydrogens (tertiary/aromatic N) is 5. The van der Waals surface area contributed by atoms with E-state index >= 15 is 0 Å². The maximum absolute atomic E-state index is 13.1. The zero-order valence-electron chi connectivity index (χ0n) is 18.3. The van der Waals surface area contributed by atoms with Gasteiger partial charge in [0, 0.05) is 44.0 Å². The van der Waals surface area contributed by atoms with Crippen molar-refractivity contribution in [3.8, 4) is 23.0 Å². The lowest BCUT2D eigenvalue weighted by Crippen LogP contribution is -2.46. The van der Waals surface area contributed by atoms with E-state index in [0.717, 1.165) is 37.3 Å². The van der Waals surface area contributed by atoms with Crippen LogP contribution in [0.1, 0.15) is 17.5 Å². The Morgan fingerprint density at radius 2 is 1.70 bits per heavy atom. The number of likely N-dealkylation sites (N-methyl/N-ethyl adjacent to an activating group) is 1. The van der Waals surface area contributed by atoms with Gasteiger partial charge in [0.25, 0.3) is 0 Å². The normalized spacial score (nSPS) is 15.9. The second kappa shape index (κ2) is 9.48. The first-order chi connectivity index (χ1) is 16.2. The molecule has 7 nitrogen and oxygen atoms in total. The average Bonchev–Trinajstić information content (AvgIpc) is 3.33. The lowest BCUT2D eigenvalue weighted by molar-refractivity contribution is 0.111. The minimum absolute atomic E-state index is 0.102. The first-order valence-electron chi connectivity index (χ1n) is 10.9. The maximum Gasteiger partial charge on any atom is 0.248 e. The van der Waals surface area contributed by atoms with E-state index in [1.807, 2.05) is 24.3 Å². The van der Waals surface area contributed by atoms with Crippen LogP contribution in [0.25, 0.3) is 11.4 Å². The summed E-state index contributed by atoms with van der Waals surface area (Å²) >= 11 is 0. The van der Waals surface area contributed by atoms with E-state index in [9.17, 15) is 4.39 Å². The van der Waals surface area contributed by atoms with E-state index in [0.29, 0.717) is 23.3 Å². The molecule has 0 aliphatic carbocycles. The van der Waals surface area contributed by atoms with Gasteiger partial charge in [-0.2, -0.15) is 4.98 Å². The lowest BCUT2D eigenvalue weighted by Gasteiger charge is -2.36. The van der Waals surface area contributed by atoms with E-state index in [2.05, 4.69) is 39.1 Å². The van der Waals surface area contributed by atoms with Crippen LogP contribution in [0, 0.1) is 5.82 Å². The minimum atomic E-state index is -0.316. The third-order valence-corrected chi connectivity index (χ3v) is 5.72. The van der Waals surface area contributed by atoms with Crippen LogP contribution < -0.4 is 4.74 Å². The Morgan fingerprint density at radius 3 is 2.39 bits per heavy atom. The molecule has 0 bridgehead atoms. The van der Waals surface area contributed by atoms with E-state index < -0.39 is 0 Å². The Balaban J connectivity index is 1.36. The summed E-state index contributed by atoms with van der Waals surface area (Å²) in [6.45, 7) is 3.82. The number of benzene rings is 2. The van der Waals surface area contributed by atoms with Gasteiger partial charge in [-0.25, -0.2) is 9.37 Å². The lowest BCUT2D eigenvalue weighted by atomic mass is 10.0. The molecule has 0 radical (unpaired) electrons. The number of hydrogen-bond acceptors (Lipinski definition) is 7. The van der Waals surface area contributed by atoms with Crippen LogP contribution >= 0.6 is 0 Å². The minimum Gasteiger partial charge on any atom is -0.439 e. The second-order valence-corrected chi connectivity index (χ2v) is 8.05. The fourth-order valence-electron chi connectivity index (χ4n) is 3.88. The molecule has 0 N–H and O–H groups in total. The fourth-order valence-corrected chi connectivity index (χ4v) is 3.88. The standard InChI is InChI=1S/C25H24FN5O2/c1-30-13-15-31(16-14-30)23(18-5-3-2-4-6-18)25-28-24(29-33-25)19-7-12-22(27-17-19)32-21-10-8-20(26)9-11-21/h2-12,17,23H,13-16H2,1H3/t23-/m1/s1. The third-order valence-electron chi connectivity index (χ3n) is 5.72. The number of piperazine rings is 1. The van der Waals surface area contributed by atoms with E-state index in [-0.39, 0.29) is 11.9 Å². The zero-order chi connectivity index (χ0) is 22.6. The summed E-state index contributed by atoms with van der Waals surface area (Å²) in [6.07, 6.45) is 1.64. The number of halogens is 1. The molecule has 0 spiro atoms. The van der Waals surface area contributed by atoms with Crippen molar-refractivity contribution in [2.45, 2.75) is 6.04 Å². The van der Waals surface area contributed by atoms with Gasteiger partial charge in [-0.1, -0.05) is 35.5 Å². The van der Waals surface area contributed by atoms with Gasteiger partial charge in [0.05, 0.1) is 0 Å².